The molecule has 3 rings (SSSR count). The lowest BCUT2D eigenvalue weighted by Crippen LogP contribution is -2.18. The van der Waals surface area contributed by atoms with Crippen LogP contribution in [0.3, 0.4) is 0 Å². The van der Waals surface area contributed by atoms with Crippen LogP contribution in [0.5, 0.6) is 17.2 Å². The molecule has 1 unspecified atom stereocenters. The molecule has 3 aromatic rings. The molecule has 0 amide bonds. The van der Waals surface area contributed by atoms with Crippen molar-refractivity contribution in [3.63, 3.8) is 0 Å². The summed E-state index contributed by atoms with van der Waals surface area (Å²) in [6.07, 6.45) is 7.82. The highest BCUT2D eigenvalue weighted by Gasteiger charge is 2.22. The maximum atomic E-state index is 5.98. The molecule has 0 spiro atoms. The van der Waals surface area contributed by atoms with Gasteiger partial charge < -0.3 is 9.47 Å². The van der Waals surface area contributed by atoms with Crippen LogP contribution >= 0.6 is 0 Å². The number of para-hydroxylation sites is 1. The van der Waals surface area contributed by atoms with E-state index in [-0.39, 0.29) is 11.3 Å². The number of hydrogen-bond acceptors (Lipinski definition) is 2. The molecule has 0 aromatic heterocycles. The quantitative estimate of drug-likeness (QED) is 0.351. The third-order valence-electron chi connectivity index (χ3n) is 5.45. The van der Waals surface area contributed by atoms with Gasteiger partial charge in [-0.15, -0.1) is 6.42 Å². The summed E-state index contributed by atoms with van der Waals surface area (Å²) in [4.78, 5) is 0. The van der Waals surface area contributed by atoms with Gasteiger partial charge in [0.1, 0.15) is 17.2 Å². The summed E-state index contributed by atoms with van der Waals surface area (Å²) in [5, 5.41) is 0. The first-order valence-electron chi connectivity index (χ1n) is 10.5. The van der Waals surface area contributed by atoms with Crippen molar-refractivity contribution in [1.82, 2.24) is 0 Å². The molecule has 1 atom stereocenters. The molecule has 0 heterocycles. The van der Waals surface area contributed by atoms with Gasteiger partial charge in [0, 0.05) is 5.92 Å². The number of benzene rings is 3. The molecular weight excluding hydrogens is 368 g/mol. The smallest absolute Gasteiger partial charge is 0.127 e. The molecule has 0 bridgehead atoms. The Balaban J connectivity index is 1.67. The molecule has 2 heteroatoms. The Hall–Kier alpha value is -3.18. The van der Waals surface area contributed by atoms with Crippen molar-refractivity contribution in [1.29, 1.82) is 0 Å². The van der Waals surface area contributed by atoms with Gasteiger partial charge in [-0.1, -0.05) is 62.2 Å². The molecule has 0 radical (unpaired) electrons. The predicted molar refractivity (Wildman–Crippen MR) is 124 cm³/mol. The average Bonchev–Trinajstić information content (AvgIpc) is 2.76. The molecular formula is C28H30O2. The molecule has 0 N–H and O–H groups in total. The van der Waals surface area contributed by atoms with E-state index in [0.29, 0.717) is 6.61 Å². The molecule has 0 fully saturated rings. The van der Waals surface area contributed by atoms with Crippen molar-refractivity contribution >= 4 is 0 Å². The first kappa shape index (κ1) is 21.5. The molecule has 0 aliphatic rings. The van der Waals surface area contributed by atoms with E-state index < -0.39 is 0 Å². The predicted octanol–water partition coefficient (Wildman–Crippen LogP) is 7.35. The van der Waals surface area contributed by atoms with Crippen LogP contribution in [0.25, 0.3) is 0 Å². The lowest BCUT2D eigenvalue weighted by molar-refractivity contribution is 0.339. The standard InChI is InChI=1S/C28H30O2/c1-5-22(19-20-28(3,4)24-15-17-25(18-16-24)29-6-2)23-11-10-14-27(21-23)30-26-12-8-7-9-13-26/h1,7-18,21-22H,6,19-20H2,2-4H3. The van der Waals surface area contributed by atoms with Gasteiger partial charge in [-0.3, -0.25) is 0 Å². The lowest BCUT2D eigenvalue weighted by Gasteiger charge is -2.27. The summed E-state index contributed by atoms with van der Waals surface area (Å²) in [5.41, 5.74) is 2.44. The van der Waals surface area contributed by atoms with Crippen LogP contribution in [-0.4, -0.2) is 6.61 Å². The first-order valence-corrected chi connectivity index (χ1v) is 10.5. The van der Waals surface area contributed by atoms with Crippen molar-refractivity contribution in [3.8, 4) is 29.6 Å². The van der Waals surface area contributed by atoms with E-state index in [1.54, 1.807) is 0 Å². The third kappa shape index (κ3) is 5.67. The fraction of sp³-hybridized carbons (Fsp3) is 0.286. The number of hydrogen-bond donors (Lipinski definition) is 0. The fourth-order valence-corrected chi connectivity index (χ4v) is 3.58. The maximum Gasteiger partial charge on any atom is 0.127 e. The zero-order chi connectivity index (χ0) is 21.4. The number of ether oxygens (including phenoxy) is 2. The highest BCUT2D eigenvalue weighted by molar-refractivity contribution is 5.38. The first-order chi connectivity index (χ1) is 14.5. The van der Waals surface area contributed by atoms with E-state index in [9.17, 15) is 0 Å². The summed E-state index contributed by atoms with van der Waals surface area (Å²) in [5.74, 6) is 5.57. The van der Waals surface area contributed by atoms with Crippen molar-refractivity contribution in [2.24, 2.45) is 0 Å². The molecule has 2 nitrogen and oxygen atoms in total. The van der Waals surface area contributed by atoms with Gasteiger partial charge in [-0.05, 0) is 72.7 Å². The summed E-state index contributed by atoms with van der Waals surface area (Å²) in [7, 11) is 0. The second-order valence-corrected chi connectivity index (χ2v) is 8.09. The highest BCUT2D eigenvalue weighted by Crippen LogP contribution is 2.34. The monoisotopic (exact) mass is 398 g/mol. The Labute approximate surface area is 180 Å². The van der Waals surface area contributed by atoms with Crippen LogP contribution in [0, 0.1) is 12.3 Å². The molecule has 3 aromatic carbocycles. The van der Waals surface area contributed by atoms with Gasteiger partial charge in [-0.2, -0.15) is 0 Å². The second kappa shape index (κ2) is 10.0. The van der Waals surface area contributed by atoms with Gasteiger partial charge in [0.15, 0.2) is 0 Å². The van der Waals surface area contributed by atoms with Crippen LogP contribution in [0.15, 0.2) is 78.9 Å². The van der Waals surface area contributed by atoms with E-state index >= 15 is 0 Å². The van der Waals surface area contributed by atoms with Crippen LogP contribution in [0.2, 0.25) is 0 Å². The maximum absolute atomic E-state index is 5.98. The van der Waals surface area contributed by atoms with Crippen LogP contribution in [0.1, 0.15) is 50.7 Å². The average molecular weight is 399 g/mol. The van der Waals surface area contributed by atoms with Crippen LogP contribution in [0.4, 0.5) is 0 Å². The Morgan fingerprint density at radius 3 is 2.23 bits per heavy atom. The van der Waals surface area contributed by atoms with Gasteiger partial charge in [0.25, 0.3) is 0 Å². The minimum atomic E-state index is 0.0258. The molecule has 0 aliphatic heterocycles. The van der Waals surface area contributed by atoms with Gasteiger partial charge >= 0.3 is 0 Å². The zero-order valence-corrected chi connectivity index (χ0v) is 18.1. The summed E-state index contributed by atoms with van der Waals surface area (Å²) < 4.78 is 11.5. The van der Waals surface area contributed by atoms with Gasteiger partial charge in [-0.25, -0.2) is 0 Å². The van der Waals surface area contributed by atoms with Crippen LogP contribution in [-0.2, 0) is 5.41 Å². The molecule has 154 valence electrons. The SMILES string of the molecule is C#CC(CCC(C)(C)c1ccc(OCC)cc1)c1cccc(Oc2ccccc2)c1. The largest absolute Gasteiger partial charge is 0.494 e. The van der Waals surface area contributed by atoms with E-state index in [1.165, 1.54) is 5.56 Å². The second-order valence-electron chi connectivity index (χ2n) is 8.09. The molecule has 30 heavy (non-hydrogen) atoms. The lowest BCUT2D eigenvalue weighted by atomic mass is 9.78. The number of terminal acetylenes is 1. The Morgan fingerprint density at radius 2 is 1.57 bits per heavy atom. The third-order valence-corrected chi connectivity index (χ3v) is 5.45. The van der Waals surface area contributed by atoms with Crippen molar-refractivity contribution in [2.75, 3.05) is 6.61 Å². The van der Waals surface area contributed by atoms with Gasteiger partial charge in [0.2, 0.25) is 0 Å². The summed E-state index contributed by atoms with van der Waals surface area (Å²) in [6.45, 7) is 7.22. The van der Waals surface area contributed by atoms with E-state index in [0.717, 1.165) is 35.7 Å². The van der Waals surface area contributed by atoms with Crippen molar-refractivity contribution in [3.05, 3.63) is 90.0 Å². The normalized spacial score (nSPS) is 12.1. The summed E-state index contributed by atoms with van der Waals surface area (Å²) in [6, 6.07) is 26.3. The summed E-state index contributed by atoms with van der Waals surface area (Å²) >= 11 is 0. The number of rotatable bonds is 9. The Bertz CT molecular complexity index is 966. The Morgan fingerprint density at radius 1 is 0.867 bits per heavy atom. The highest BCUT2D eigenvalue weighted by atomic mass is 16.5. The molecule has 0 saturated heterocycles. The van der Waals surface area contributed by atoms with Gasteiger partial charge in [0.05, 0.1) is 6.61 Å². The van der Waals surface area contributed by atoms with E-state index in [4.69, 9.17) is 15.9 Å². The minimum absolute atomic E-state index is 0.0258. The van der Waals surface area contributed by atoms with Crippen molar-refractivity contribution in [2.45, 2.75) is 44.9 Å². The van der Waals surface area contributed by atoms with E-state index in [1.807, 2.05) is 61.5 Å². The van der Waals surface area contributed by atoms with E-state index in [2.05, 4.69) is 44.0 Å². The van der Waals surface area contributed by atoms with Crippen LogP contribution < -0.4 is 9.47 Å². The zero-order valence-electron chi connectivity index (χ0n) is 18.1. The topological polar surface area (TPSA) is 18.5 Å². The van der Waals surface area contributed by atoms with Crippen molar-refractivity contribution < 1.29 is 9.47 Å². The molecule has 0 aliphatic carbocycles. The fourth-order valence-electron chi connectivity index (χ4n) is 3.58. The molecule has 0 saturated carbocycles. The Kier molecular flexibility index (Phi) is 7.20. The minimum Gasteiger partial charge on any atom is -0.494 e.